The van der Waals surface area contributed by atoms with Crippen molar-refractivity contribution in [2.75, 3.05) is 11.9 Å². The van der Waals surface area contributed by atoms with Crippen molar-refractivity contribution in [2.45, 2.75) is 70.4 Å². The van der Waals surface area contributed by atoms with E-state index in [0.717, 1.165) is 5.56 Å². The monoisotopic (exact) mass is 567 g/mol. The first-order valence-electron chi connectivity index (χ1n) is 14.0. The van der Waals surface area contributed by atoms with Crippen LogP contribution in [-0.2, 0) is 25.7 Å². The number of carbonyl (C=O) groups is 3. The van der Waals surface area contributed by atoms with Gasteiger partial charge in [-0.25, -0.2) is 0 Å². The summed E-state index contributed by atoms with van der Waals surface area (Å²) in [5.41, 5.74) is -0.769. The van der Waals surface area contributed by atoms with E-state index in [9.17, 15) is 19.5 Å². The van der Waals surface area contributed by atoms with Gasteiger partial charge >= 0.3 is 0 Å². The molecule has 5 rings (SSSR count). The molecule has 2 bridgehead atoms. The molecule has 3 saturated heterocycles. The number of ether oxygens (including phenoxy) is 1. The van der Waals surface area contributed by atoms with Gasteiger partial charge in [-0.15, -0.1) is 0 Å². The van der Waals surface area contributed by atoms with Gasteiger partial charge in [-0.05, 0) is 49.3 Å². The molecule has 2 aromatic carbocycles. The van der Waals surface area contributed by atoms with E-state index >= 15 is 0 Å². The Morgan fingerprint density at radius 3 is 2.45 bits per heavy atom. The third kappa shape index (κ3) is 4.60. The first-order valence-corrected chi connectivity index (χ1v) is 14.4. The quantitative estimate of drug-likeness (QED) is 0.424. The number of benzene rings is 2. The molecule has 1 spiro atoms. The summed E-state index contributed by atoms with van der Waals surface area (Å²) in [7, 11) is 0. The molecule has 214 valence electrons. The summed E-state index contributed by atoms with van der Waals surface area (Å²) in [6.45, 7) is 7.92. The van der Waals surface area contributed by atoms with Gasteiger partial charge < -0.3 is 25.4 Å². The molecule has 0 aromatic heterocycles. The van der Waals surface area contributed by atoms with Crippen LogP contribution in [0.5, 0.6) is 0 Å². The minimum Gasteiger partial charge on any atom is -0.394 e. The number of halogens is 1. The van der Waals surface area contributed by atoms with Crippen LogP contribution in [0.2, 0.25) is 5.02 Å². The molecule has 3 aliphatic rings. The lowest BCUT2D eigenvalue weighted by Gasteiger charge is -2.37. The van der Waals surface area contributed by atoms with Gasteiger partial charge in [-0.1, -0.05) is 74.8 Å². The molecule has 3 aliphatic heterocycles. The van der Waals surface area contributed by atoms with Gasteiger partial charge in [0.15, 0.2) is 0 Å². The van der Waals surface area contributed by atoms with Crippen LogP contribution in [0.25, 0.3) is 0 Å². The van der Waals surface area contributed by atoms with E-state index in [1.54, 1.807) is 24.3 Å². The molecule has 40 heavy (non-hydrogen) atoms. The number of rotatable bonds is 9. The normalized spacial score (nSPS) is 31.4. The van der Waals surface area contributed by atoms with Crippen LogP contribution < -0.4 is 10.6 Å². The third-order valence-electron chi connectivity index (χ3n) is 9.07. The zero-order valence-electron chi connectivity index (χ0n) is 23.4. The molecule has 3 amide bonds. The lowest BCUT2D eigenvalue weighted by molar-refractivity contribution is -0.149. The minimum absolute atomic E-state index is 0.0859. The number of likely N-dealkylation sites (tertiary alicyclic amines) is 1. The molecule has 7 atom stereocenters. The maximum atomic E-state index is 14.4. The summed E-state index contributed by atoms with van der Waals surface area (Å²) in [6.07, 6.45) is 0.942. The maximum absolute atomic E-state index is 14.4. The van der Waals surface area contributed by atoms with Gasteiger partial charge in [0, 0.05) is 6.54 Å². The van der Waals surface area contributed by atoms with Crippen molar-refractivity contribution in [3.63, 3.8) is 0 Å². The Kier molecular flexibility index (Phi) is 7.72. The Bertz CT molecular complexity index is 1290. The summed E-state index contributed by atoms with van der Waals surface area (Å²) >= 11 is 6.36. The highest BCUT2D eigenvalue weighted by Crippen LogP contribution is 2.65. The number of fused-ring (bicyclic) bond motifs is 1. The highest BCUT2D eigenvalue weighted by Gasteiger charge is 2.80. The van der Waals surface area contributed by atoms with Gasteiger partial charge in [0.25, 0.3) is 0 Å². The number of nitrogens with zero attached hydrogens (tertiary/aromatic N) is 1. The second-order valence-corrected chi connectivity index (χ2v) is 12.5. The molecular weight excluding hydrogens is 530 g/mol. The van der Waals surface area contributed by atoms with E-state index < -0.39 is 41.0 Å². The Labute approximate surface area is 240 Å². The van der Waals surface area contributed by atoms with Crippen LogP contribution in [0.3, 0.4) is 0 Å². The summed E-state index contributed by atoms with van der Waals surface area (Å²) in [6, 6.07) is 14.9. The summed E-state index contributed by atoms with van der Waals surface area (Å²) in [4.78, 5) is 43.9. The van der Waals surface area contributed by atoms with E-state index in [1.165, 1.54) is 4.90 Å². The predicted octanol–water partition coefficient (Wildman–Crippen LogP) is 4.01. The molecular formula is C31H38ClN3O5. The molecule has 3 fully saturated rings. The molecule has 3 unspecified atom stereocenters. The second-order valence-electron chi connectivity index (χ2n) is 12.1. The fraction of sp³-hybridized carbons (Fsp3) is 0.516. The Morgan fingerprint density at radius 1 is 1.12 bits per heavy atom. The zero-order chi connectivity index (χ0) is 28.8. The van der Waals surface area contributed by atoms with Crippen molar-refractivity contribution >= 4 is 35.0 Å². The van der Waals surface area contributed by atoms with Crippen molar-refractivity contribution < 1.29 is 24.2 Å². The van der Waals surface area contributed by atoms with Crippen LogP contribution in [0.4, 0.5) is 5.69 Å². The predicted molar refractivity (Wildman–Crippen MR) is 152 cm³/mol. The third-order valence-corrected chi connectivity index (χ3v) is 9.40. The van der Waals surface area contributed by atoms with E-state index in [-0.39, 0.29) is 30.3 Å². The highest BCUT2D eigenvalue weighted by atomic mass is 35.5. The number of aliphatic hydroxyl groups is 1. The number of hydrogen-bond acceptors (Lipinski definition) is 5. The molecule has 0 radical (unpaired) electrons. The van der Waals surface area contributed by atoms with Crippen LogP contribution in [0.15, 0.2) is 54.6 Å². The first-order chi connectivity index (χ1) is 19.0. The van der Waals surface area contributed by atoms with Crippen LogP contribution in [0.1, 0.15) is 46.1 Å². The van der Waals surface area contributed by atoms with Crippen molar-refractivity contribution in [1.29, 1.82) is 0 Å². The smallest absolute Gasteiger partial charge is 0.250 e. The average Bonchev–Trinajstić information content (AvgIpc) is 3.44. The second kappa shape index (κ2) is 10.8. The first kappa shape index (κ1) is 28.6. The molecule has 0 saturated carbocycles. The number of amides is 3. The van der Waals surface area contributed by atoms with Crippen molar-refractivity contribution in [2.24, 2.45) is 23.7 Å². The van der Waals surface area contributed by atoms with Gasteiger partial charge in [0.2, 0.25) is 17.7 Å². The molecule has 3 heterocycles. The van der Waals surface area contributed by atoms with Crippen LogP contribution >= 0.6 is 11.6 Å². The maximum Gasteiger partial charge on any atom is 0.250 e. The van der Waals surface area contributed by atoms with Gasteiger partial charge in [-0.3, -0.25) is 14.4 Å². The number of carbonyl (C=O) groups excluding carboxylic acids is 3. The topological polar surface area (TPSA) is 108 Å². The van der Waals surface area contributed by atoms with E-state index in [2.05, 4.69) is 10.6 Å². The largest absolute Gasteiger partial charge is 0.394 e. The van der Waals surface area contributed by atoms with Crippen molar-refractivity contribution in [1.82, 2.24) is 10.2 Å². The molecule has 2 aromatic rings. The van der Waals surface area contributed by atoms with Crippen molar-refractivity contribution in [3.05, 3.63) is 65.2 Å². The zero-order valence-corrected chi connectivity index (χ0v) is 24.1. The molecule has 3 N–H and O–H groups in total. The SMILES string of the molecule is CC(C)C[C@H](CO)N1C(=O)[C@@H]2[C@@H](C(=O)NCc3ccccc3)[C@]3(C)OC2(CC3C)C1C(=O)Nc1ccccc1Cl. The van der Waals surface area contributed by atoms with Gasteiger partial charge in [-0.2, -0.15) is 0 Å². The van der Waals surface area contributed by atoms with Gasteiger partial charge in [0.1, 0.15) is 11.6 Å². The molecule has 8 nitrogen and oxygen atoms in total. The van der Waals surface area contributed by atoms with Crippen LogP contribution in [0, 0.1) is 23.7 Å². The lowest BCUT2D eigenvalue weighted by atomic mass is 9.62. The standard InChI is InChI=1S/C31H38ClN3O5/c1-18(2)14-21(17-36)35-26(28(38)34-23-13-9-8-12-22(23)32)31-15-19(3)30(4,40-31)24(25(31)29(35)39)27(37)33-16-20-10-6-5-7-11-20/h5-13,18-19,21,24-26,36H,14-17H2,1-4H3,(H,33,37)(H,34,38)/t19?,21-,24+,25+,26?,30-,31?/m1/s1. The van der Waals surface area contributed by atoms with Crippen molar-refractivity contribution in [3.8, 4) is 0 Å². The van der Waals surface area contributed by atoms with E-state index in [0.29, 0.717) is 30.1 Å². The average molecular weight is 568 g/mol. The highest BCUT2D eigenvalue weighted by molar-refractivity contribution is 6.33. The Morgan fingerprint density at radius 2 is 1.80 bits per heavy atom. The van der Waals surface area contributed by atoms with Crippen LogP contribution in [-0.4, -0.2) is 57.6 Å². The number of anilines is 1. The van der Waals surface area contributed by atoms with E-state index in [1.807, 2.05) is 58.0 Å². The Balaban J connectivity index is 1.54. The Hall–Kier alpha value is -2.94. The summed E-state index contributed by atoms with van der Waals surface area (Å²) in [5, 5.41) is 16.8. The number of para-hydroxylation sites is 1. The molecule has 0 aliphatic carbocycles. The minimum atomic E-state index is -1.21. The fourth-order valence-electron chi connectivity index (χ4n) is 7.25. The van der Waals surface area contributed by atoms with E-state index in [4.69, 9.17) is 16.3 Å². The fourth-order valence-corrected chi connectivity index (χ4v) is 7.43. The number of aliphatic hydroxyl groups excluding tert-OH is 1. The van der Waals surface area contributed by atoms with Gasteiger partial charge in [0.05, 0.1) is 40.8 Å². The molecule has 9 heteroatoms. The summed E-state index contributed by atoms with van der Waals surface area (Å²) in [5.74, 6) is -2.60. The number of nitrogens with one attached hydrogen (secondary N) is 2. The lowest BCUT2D eigenvalue weighted by Crippen LogP contribution is -2.56. The summed E-state index contributed by atoms with van der Waals surface area (Å²) < 4.78 is 6.77. The number of hydrogen-bond donors (Lipinski definition) is 3.